The van der Waals surface area contributed by atoms with Gasteiger partial charge in [0, 0.05) is 6.04 Å². The Morgan fingerprint density at radius 2 is 1.88 bits per heavy atom. The van der Waals surface area contributed by atoms with Crippen molar-refractivity contribution in [2.75, 3.05) is 6.54 Å². The number of halogens is 2. The number of hydrogen-bond acceptors (Lipinski definition) is 2. The van der Waals surface area contributed by atoms with Crippen molar-refractivity contribution >= 4 is 34.5 Å². The molecule has 0 spiro atoms. The first-order valence-corrected chi connectivity index (χ1v) is 7.47. The van der Waals surface area contributed by atoms with Gasteiger partial charge in [-0.2, -0.15) is 0 Å². The summed E-state index contributed by atoms with van der Waals surface area (Å²) in [6, 6.07) is 2.20. The van der Waals surface area contributed by atoms with Gasteiger partial charge in [-0.3, -0.25) is 0 Å². The molecule has 0 aliphatic rings. The zero-order valence-corrected chi connectivity index (χ0v) is 13.4. The summed E-state index contributed by atoms with van der Waals surface area (Å²) >= 11 is 13.5. The maximum Gasteiger partial charge on any atom is 0.0991 e. The van der Waals surface area contributed by atoms with E-state index in [-0.39, 0.29) is 6.04 Å². The highest BCUT2D eigenvalue weighted by molar-refractivity contribution is 7.20. The summed E-state index contributed by atoms with van der Waals surface area (Å²) in [6.07, 6.45) is 0. The first kappa shape index (κ1) is 15.3. The minimum Gasteiger partial charge on any atom is -0.310 e. The van der Waals surface area contributed by atoms with Crippen molar-refractivity contribution in [3.05, 3.63) is 20.3 Å². The summed E-state index contributed by atoms with van der Waals surface area (Å²) in [7, 11) is 0. The van der Waals surface area contributed by atoms with Crippen LogP contribution in [0.15, 0.2) is 6.07 Å². The van der Waals surface area contributed by atoms with E-state index in [1.54, 1.807) is 0 Å². The van der Waals surface area contributed by atoms with Crippen molar-refractivity contribution in [2.45, 2.75) is 40.7 Å². The van der Waals surface area contributed by atoms with E-state index in [1.807, 2.05) is 6.07 Å². The van der Waals surface area contributed by atoms with Crippen LogP contribution in [-0.2, 0) is 0 Å². The summed E-state index contributed by atoms with van der Waals surface area (Å²) in [5.74, 6) is 0.609. The number of nitrogens with one attached hydrogen (secondary N) is 1. The van der Waals surface area contributed by atoms with Gasteiger partial charge in [-0.1, -0.05) is 50.9 Å². The van der Waals surface area contributed by atoms with Gasteiger partial charge < -0.3 is 5.32 Å². The van der Waals surface area contributed by atoms with E-state index >= 15 is 0 Å². The third-order valence-electron chi connectivity index (χ3n) is 3.36. The molecule has 0 aliphatic heterocycles. The van der Waals surface area contributed by atoms with Gasteiger partial charge in [-0.25, -0.2) is 0 Å². The van der Waals surface area contributed by atoms with Crippen molar-refractivity contribution in [2.24, 2.45) is 11.3 Å². The molecule has 0 amide bonds. The van der Waals surface area contributed by atoms with E-state index in [9.17, 15) is 0 Å². The van der Waals surface area contributed by atoms with Crippen LogP contribution in [0.1, 0.15) is 46.2 Å². The van der Waals surface area contributed by atoms with Crippen LogP contribution in [0.5, 0.6) is 0 Å². The smallest absolute Gasteiger partial charge is 0.0991 e. The summed E-state index contributed by atoms with van der Waals surface area (Å²) in [5, 5.41) is 3.52. The number of rotatable bonds is 4. The summed E-state index contributed by atoms with van der Waals surface area (Å²) in [4.78, 5) is 0. The van der Waals surface area contributed by atoms with Crippen LogP contribution in [0.3, 0.4) is 0 Å². The highest BCUT2D eigenvalue weighted by Crippen LogP contribution is 2.35. The highest BCUT2D eigenvalue weighted by atomic mass is 35.5. The minimum absolute atomic E-state index is 0.246. The van der Waals surface area contributed by atoms with E-state index in [4.69, 9.17) is 23.2 Å². The maximum absolute atomic E-state index is 6.14. The summed E-state index contributed by atoms with van der Waals surface area (Å²) in [5.41, 5.74) is 1.42. The van der Waals surface area contributed by atoms with Crippen LogP contribution in [0.25, 0.3) is 0 Å². The molecule has 17 heavy (non-hydrogen) atoms. The average Bonchev–Trinajstić information content (AvgIpc) is 2.52. The molecule has 1 N–H and O–H groups in total. The topological polar surface area (TPSA) is 12.0 Å². The molecular formula is C13H21Cl2NS. The molecular weight excluding hydrogens is 273 g/mol. The third kappa shape index (κ3) is 4.44. The van der Waals surface area contributed by atoms with Gasteiger partial charge in [0.2, 0.25) is 0 Å². The molecule has 1 heterocycles. The zero-order chi connectivity index (χ0) is 13.2. The van der Waals surface area contributed by atoms with Crippen molar-refractivity contribution in [3.63, 3.8) is 0 Å². The first-order chi connectivity index (χ1) is 7.71. The molecule has 2 atom stereocenters. The Morgan fingerprint density at radius 1 is 1.29 bits per heavy atom. The minimum atomic E-state index is 0.246. The molecule has 1 nitrogen and oxygen atoms in total. The fourth-order valence-corrected chi connectivity index (χ4v) is 3.06. The molecule has 0 saturated heterocycles. The molecule has 4 heteroatoms. The second-order valence-electron chi connectivity index (χ2n) is 5.68. The molecule has 0 saturated carbocycles. The lowest BCUT2D eigenvalue weighted by Crippen LogP contribution is -2.31. The lowest BCUT2D eigenvalue weighted by atomic mass is 9.82. The van der Waals surface area contributed by atoms with Crippen molar-refractivity contribution in [1.82, 2.24) is 5.32 Å². The van der Waals surface area contributed by atoms with E-state index in [0.717, 1.165) is 20.8 Å². The fourth-order valence-electron chi connectivity index (χ4n) is 1.42. The Bertz CT molecular complexity index is 368. The third-order valence-corrected chi connectivity index (χ3v) is 4.88. The standard InChI is InChI=1S/C13H21Cl2NS/c1-8(13(3,4)5)7-16-9(2)10-6-11(14)17-12(10)15/h6,8-9,16H,7H2,1-5H3. The normalized spacial score (nSPS) is 15.9. The Morgan fingerprint density at radius 3 is 2.29 bits per heavy atom. The Labute approximate surface area is 119 Å². The van der Waals surface area contributed by atoms with Gasteiger partial charge in [-0.05, 0) is 36.4 Å². The molecule has 98 valence electrons. The van der Waals surface area contributed by atoms with Crippen LogP contribution < -0.4 is 5.32 Å². The Balaban J connectivity index is 2.56. The SMILES string of the molecule is CC(NCC(C)C(C)(C)C)c1cc(Cl)sc1Cl. The summed E-state index contributed by atoms with van der Waals surface area (Å²) in [6.45, 7) is 12.2. The molecule has 1 aromatic heterocycles. The molecule has 0 aromatic carbocycles. The lowest BCUT2D eigenvalue weighted by Gasteiger charge is -2.28. The van der Waals surface area contributed by atoms with Gasteiger partial charge in [0.25, 0.3) is 0 Å². The highest BCUT2D eigenvalue weighted by Gasteiger charge is 2.21. The summed E-state index contributed by atoms with van der Waals surface area (Å²) < 4.78 is 1.54. The molecule has 0 radical (unpaired) electrons. The van der Waals surface area contributed by atoms with Crippen LogP contribution in [0.4, 0.5) is 0 Å². The molecule has 2 unspecified atom stereocenters. The monoisotopic (exact) mass is 293 g/mol. The lowest BCUT2D eigenvalue weighted by molar-refractivity contribution is 0.247. The molecule has 0 aliphatic carbocycles. The zero-order valence-electron chi connectivity index (χ0n) is 11.1. The van der Waals surface area contributed by atoms with Crippen molar-refractivity contribution in [3.8, 4) is 0 Å². The van der Waals surface area contributed by atoms with Crippen LogP contribution in [-0.4, -0.2) is 6.54 Å². The predicted molar refractivity (Wildman–Crippen MR) is 79.4 cm³/mol. The fraction of sp³-hybridized carbons (Fsp3) is 0.692. The van der Waals surface area contributed by atoms with E-state index in [0.29, 0.717) is 11.3 Å². The van der Waals surface area contributed by atoms with Gasteiger partial charge in [0.1, 0.15) is 0 Å². The quantitative estimate of drug-likeness (QED) is 0.785. The van der Waals surface area contributed by atoms with Gasteiger partial charge in [-0.15, -0.1) is 11.3 Å². The van der Waals surface area contributed by atoms with Crippen molar-refractivity contribution in [1.29, 1.82) is 0 Å². The van der Waals surface area contributed by atoms with Gasteiger partial charge in [0.15, 0.2) is 0 Å². The molecule has 1 rings (SSSR count). The maximum atomic E-state index is 6.14. The Hall–Kier alpha value is 0.240. The second kappa shape index (κ2) is 5.92. The van der Waals surface area contributed by atoms with Crippen molar-refractivity contribution < 1.29 is 0 Å². The number of hydrogen-bond donors (Lipinski definition) is 1. The van der Waals surface area contributed by atoms with Crippen LogP contribution in [0.2, 0.25) is 8.67 Å². The van der Waals surface area contributed by atoms with E-state index in [2.05, 4.69) is 39.9 Å². The number of thiophene rings is 1. The van der Waals surface area contributed by atoms with Crippen LogP contribution in [0, 0.1) is 11.3 Å². The molecule has 1 aromatic rings. The van der Waals surface area contributed by atoms with Gasteiger partial charge >= 0.3 is 0 Å². The van der Waals surface area contributed by atoms with E-state index < -0.39 is 0 Å². The second-order valence-corrected chi connectivity index (χ2v) is 7.96. The molecule has 0 bridgehead atoms. The van der Waals surface area contributed by atoms with Gasteiger partial charge in [0.05, 0.1) is 8.67 Å². The van der Waals surface area contributed by atoms with Crippen LogP contribution >= 0.6 is 34.5 Å². The predicted octanol–water partition coefficient (Wildman–Crippen LogP) is 5.39. The Kier molecular flexibility index (Phi) is 5.33. The first-order valence-electron chi connectivity index (χ1n) is 5.90. The van der Waals surface area contributed by atoms with E-state index in [1.165, 1.54) is 11.3 Å². The largest absolute Gasteiger partial charge is 0.310 e. The average molecular weight is 294 g/mol. The molecule has 0 fully saturated rings.